The Hall–Kier alpha value is -1.75. The largest absolute Gasteiger partial charge is 0.496 e. The molecule has 0 bridgehead atoms. The standard InChI is InChI=1S/C14H9BrF2O2/c1-19-13-5-3-9(16)7-10(13)14(18)8-2-4-11(15)12(17)6-8/h2-7H,1H3. The molecule has 0 N–H and O–H groups in total. The van der Waals surface area contributed by atoms with Gasteiger partial charge in [-0.1, -0.05) is 0 Å². The summed E-state index contributed by atoms with van der Waals surface area (Å²) in [6.07, 6.45) is 0. The van der Waals surface area contributed by atoms with Crippen LogP contribution in [0.3, 0.4) is 0 Å². The number of hydrogen-bond acceptors (Lipinski definition) is 2. The van der Waals surface area contributed by atoms with Gasteiger partial charge < -0.3 is 4.74 Å². The highest BCUT2D eigenvalue weighted by atomic mass is 79.9. The maximum Gasteiger partial charge on any atom is 0.196 e. The molecule has 2 nitrogen and oxygen atoms in total. The van der Waals surface area contributed by atoms with Crippen LogP contribution in [-0.2, 0) is 0 Å². The van der Waals surface area contributed by atoms with Gasteiger partial charge in [0.2, 0.25) is 0 Å². The Balaban J connectivity index is 2.49. The average Bonchev–Trinajstić information content (AvgIpc) is 2.41. The fourth-order valence-electron chi connectivity index (χ4n) is 1.65. The van der Waals surface area contributed by atoms with Crippen LogP contribution in [-0.4, -0.2) is 12.9 Å². The minimum atomic E-state index is -0.554. The van der Waals surface area contributed by atoms with Gasteiger partial charge in [-0.05, 0) is 52.3 Å². The Morgan fingerprint density at radius 2 is 1.89 bits per heavy atom. The second kappa shape index (κ2) is 5.48. The van der Waals surface area contributed by atoms with Crippen LogP contribution >= 0.6 is 15.9 Å². The summed E-state index contributed by atoms with van der Waals surface area (Å²) < 4.78 is 31.9. The molecule has 2 aromatic rings. The zero-order valence-electron chi connectivity index (χ0n) is 9.91. The molecule has 0 aromatic heterocycles. The molecule has 0 saturated heterocycles. The van der Waals surface area contributed by atoms with E-state index in [0.29, 0.717) is 0 Å². The van der Waals surface area contributed by atoms with Crippen LogP contribution < -0.4 is 4.74 Å². The predicted octanol–water partition coefficient (Wildman–Crippen LogP) is 3.97. The number of hydrogen-bond donors (Lipinski definition) is 0. The minimum absolute atomic E-state index is 0.0595. The SMILES string of the molecule is COc1ccc(F)cc1C(=O)c1ccc(Br)c(F)c1. The Morgan fingerprint density at radius 1 is 1.16 bits per heavy atom. The third kappa shape index (κ3) is 2.81. The highest BCUT2D eigenvalue weighted by molar-refractivity contribution is 9.10. The molecule has 0 amide bonds. The van der Waals surface area contributed by atoms with Gasteiger partial charge in [-0.25, -0.2) is 8.78 Å². The number of ether oxygens (including phenoxy) is 1. The normalized spacial score (nSPS) is 10.3. The van der Waals surface area contributed by atoms with E-state index < -0.39 is 17.4 Å². The molecule has 0 atom stereocenters. The molecule has 0 aliphatic rings. The third-order valence-electron chi connectivity index (χ3n) is 2.59. The van der Waals surface area contributed by atoms with E-state index in [0.717, 1.165) is 12.1 Å². The molecule has 2 rings (SSSR count). The second-order valence-corrected chi connectivity index (χ2v) is 4.66. The van der Waals surface area contributed by atoms with E-state index in [1.165, 1.54) is 31.4 Å². The quantitative estimate of drug-likeness (QED) is 0.798. The van der Waals surface area contributed by atoms with Crippen molar-refractivity contribution < 1.29 is 18.3 Å². The van der Waals surface area contributed by atoms with Crippen LogP contribution in [0, 0.1) is 11.6 Å². The van der Waals surface area contributed by atoms with E-state index >= 15 is 0 Å². The Morgan fingerprint density at radius 3 is 2.53 bits per heavy atom. The van der Waals surface area contributed by atoms with Gasteiger partial charge in [0.1, 0.15) is 17.4 Å². The van der Waals surface area contributed by atoms with Gasteiger partial charge >= 0.3 is 0 Å². The topological polar surface area (TPSA) is 26.3 Å². The zero-order chi connectivity index (χ0) is 14.0. The molecule has 98 valence electrons. The van der Waals surface area contributed by atoms with Gasteiger partial charge in [0.25, 0.3) is 0 Å². The van der Waals surface area contributed by atoms with Crippen LogP contribution in [0.2, 0.25) is 0 Å². The van der Waals surface area contributed by atoms with Crippen molar-refractivity contribution in [1.29, 1.82) is 0 Å². The zero-order valence-corrected chi connectivity index (χ0v) is 11.5. The monoisotopic (exact) mass is 326 g/mol. The van der Waals surface area contributed by atoms with Crippen LogP contribution in [0.1, 0.15) is 15.9 Å². The van der Waals surface area contributed by atoms with Gasteiger partial charge in [0.15, 0.2) is 5.78 Å². The molecule has 0 radical (unpaired) electrons. The number of halogens is 3. The Labute approximate surface area is 117 Å². The van der Waals surface area contributed by atoms with E-state index in [1.807, 2.05) is 0 Å². The fourth-order valence-corrected chi connectivity index (χ4v) is 1.90. The third-order valence-corrected chi connectivity index (χ3v) is 3.23. The van der Waals surface area contributed by atoms with E-state index in [9.17, 15) is 13.6 Å². The first-order chi connectivity index (χ1) is 9.02. The number of carbonyl (C=O) groups is 1. The van der Waals surface area contributed by atoms with E-state index in [1.54, 1.807) is 0 Å². The fraction of sp³-hybridized carbons (Fsp3) is 0.0714. The van der Waals surface area contributed by atoms with Gasteiger partial charge in [0, 0.05) is 5.56 Å². The van der Waals surface area contributed by atoms with Gasteiger partial charge in [-0.2, -0.15) is 0 Å². The highest BCUT2D eigenvalue weighted by Gasteiger charge is 2.16. The van der Waals surface area contributed by atoms with E-state index in [4.69, 9.17) is 4.74 Å². The lowest BCUT2D eigenvalue weighted by Gasteiger charge is -2.08. The predicted molar refractivity (Wildman–Crippen MR) is 70.5 cm³/mol. The lowest BCUT2D eigenvalue weighted by atomic mass is 10.0. The number of benzene rings is 2. The summed E-state index contributed by atoms with van der Waals surface area (Å²) in [6.45, 7) is 0. The van der Waals surface area contributed by atoms with Gasteiger partial charge in [-0.3, -0.25) is 4.79 Å². The van der Waals surface area contributed by atoms with Crippen LogP contribution in [0.5, 0.6) is 5.75 Å². The summed E-state index contributed by atoms with van der Waals surface area (Å²) in [5, 5.41) is 0. The molecule has 2 aromatic carbocycles. The summed E-state index contributed by atoms with van der Waals surface area (Å²) in [7, 11) is 1.38. The first-order valence-electron chi connectivity index (χ1n) is 5.36. The summed E-state index contributed by atoms with van der Waals surface area (Å²) in [5.41, 5.74) is 0.189. The van der Waals surface area contributed by atoms with Gasteiger partial charge in [0.05, 0.1) is 17.1 Å². The van der Waals surface area contributed by atoms with Crippen LogP contribution in [0.15, 0.2) is 40.9 Å². The lowest BCUT2D eigenvalue weighted by molar-refractivity contribution is 0.103. The molecule has 0 aliphatic carbocycles. The van der Waals surface area contributed by atoms with E-state index in [-0.39, 0.29) is 21.3 Å². The minimum Gasteiger partial charge on any atom is -0.496 e. The Bertz CT molecular complexity index is 641. The van der Waals surface area contributed by atoms with Crippen molar-refractivity contribution in [2.24, 2.45) is 0 Å². The molecule has 19 heavy (non-hydrogen) atoms. The number of ketones is 1. The molecule has 0 saturated carbocycles. The van der Waals surface area contributed by atoms with E-state index in [2.05, 4.69) is 15.9 Å². The number of rotatable bonds is 3. The number of methoxy groups -OCH3 is 1. The van der Waals surface area contributed by atoms with Crippen molar-refractivity contribution in [3.05, 3.63) is 63.6 Å². The smallest absolute Gasteiger partial charge is 0.196 e. The molecule has 0 aliphatic heterocycles. The van der Waals surface area contributed by atoms with Crippen molar-refractivity contribution >= 4 is 21.7 Å². The summed E-state index contributed by atoms with van der Waals surface area (Å²) in [5.74, 6) is -1.36. The summed E-state index contributed by atoms with van der Waals surface area (Å²) in [4.78, 5) is 12.2. The van der Waals surface area contributed by atoms with Crippen molar-refractivity contribution in [1.82, 2.24) is 0 Å². The molecule has 0 heterocycles. The highest BCUT2D eigenvalue weighted by Crippen LogP contribution is 2.24. The first-order valence-corrected chi connectivity index (χ1v) is 6.15. The number of carbonyl (C=O) groups excluding carboxylic acids is 1. The average molecular weight is 327 g/mol. The maximum atomic E-state index is 13.4. The molecule has 0 unspecified atom stereocenters. The summed E-state index contributed by atoms with van der Waals surface area (Å²) >= 11 is 3.00. The first kappa shape index (κ1) is 13.7. The van der Waals surface area contributed by atoms with Crippen LogP contribution in [0.4, 0.5) is 8.78 Å². The molecular weight excluding hydrogens is 318 g/mol. The van der Waals surface area contributed by atoms with Crippen molar-refractivity contribution in [3.8, 4) is 5.75 Å². The molecule has 0 spiro atoms. The van der Waals surface area contributed by atoms with Crippen molar-refractivity contribution in [2.45, 2.75) is 0 Å². The molecular formula is C14H9BrF2O2. The second-order valence-electron chi connectivity index (χ2n) is 3.80. The van der Waals surface area contributed by atoms with Gasteiger partial charge in [-0.15, -0.1) is 0 Å². The van der Waals surface area contributed by atoms with Crippen molar-refractivity contribution in [2.75, 3.05) is 7.11 Å². The van der Waals surface area contributed by atoms with Crippen molar-refractivity contribution in [3.63, 3.8) is 0 Å². The summed E-state index contributed by atoms with van der Waals surface area (Å²) in [6, 6.07) is 7.60. The molecule has 0 fully saturated rings. The Kier molecular flexibility index (Phi) is 3.95. The molecule has 5 heteroatoms. The maximum absolute atomic E-state index is 13.4. The van der Waals surface area contributed by atoms with Crippen LogP contribution in [0.25, 0.3) is 0 Å². The lowest BCUT2D eigenvalue weighted by Crippen LogP contribution is -2.05.